The Morgan fingerprint density at radius 2 is 1.38 bits per heavy atom. The van der Waals surface area contributed by atoms with E-state index in [0.717, 1.165) is 28.7 Å². The molecule has 0 amide bonds. The molecular formula is C19H24O2. The van der Waals surface area contributed by atoms with Crippen LogP contribution < -0.4 is 0 Å². The molecule has 2 nitrogen and oxygen atoms in total. The molecule has 0 aliphatic rings. The van der Waals surface area contributed by atoms with Crippen LogP contribution in [-0.2, 0) is 18.6 Å². The molecule has 0 aromatic heterocycles. The largest absolute Gasteiger partial charge is 0.392 e. The molecule has 0 spiro atoms. The highest BCUT2D eigenvalue weighted by Crippen LogP contribution is 2.29. The Hall–Kier alpha value is -1.64. The average Bonchev–Trinajstić information content (AvgIpc) is 2.54. The SMILES string of the molecule is CCC(C)(C)c1ccc(-c2ccc(CO)c(CO)c2)cc1. The Labute approximate surface area is 127 Å². The van der Waals surface area contributed by atoms with Gasteiger partial charge in [-0.05, 0) is 45.7 Å². The average molecular weight is 284 g/mol. The monoisotopic (exact) mass is 284 g/mol. The molecular weight excluding hydrogens is 260 g/mol. The fourth-order valence-corrected chi connectivity index (χ4v) is 2.42. The maximum atomic E-state index is 9.39. The van der Waals surface area contributed by atoms with Gasteiger partial charge in [-0.3, -0.25) is 0 Å². The summed E-state index contributed by atoms with van der Waals surface area (Å²) in [6, 6.07) is 14.4. The molecule has 2 heteroatoms. The fraction of sp³-hybridized carbons (Fsp3) is 0.368. The van der Waals surface area contributed by atoms with E-state index >= 15 is 0 Å². The zero-order valence-electron chi connectivity index (χ0n) is 13.1. The van der Waals surface area contributed by atoms with Gasteiger partial charge in [-0.2, -0.15) is 0 Å². The summed E-state index contributed by atoms with van der Waals surface area (Å²) in [5, 5.41) is 18.6. The van der Waals surface area contributed by atoms with Crippen molar-refractivity contribution in [3.63, 3.8) is 0 Å². The summed E-state index contributed by atoms with van der Waals surface area (Å²) in [4.78, 5) is 0. The van der Waals surface area contributed by atoms with Crippen LogP contribution in [0.25, 0.3) is 11.1 Å². The zero-order valence-corrected chi connectivity index (χ0v) is 13.1. The first-order valence-electron chi connectivity index (χ1n) is 7.46. The van der Waals surface area contributed by atoms with Crippen molar-refractivity contribution in [2.24, 2.45) is 0 Å². The van der Waals surface area contributed by atoms with Crippen molar-refractivity contribution in [1.82, 2.24) is 0 Å². The highest BCUT2D eigenvalue weighted by atomic mass is 16.3. The minimum absolute atomic E-state index is 0.0419. The number of hydrogen-bond acceptors (Lipinski definition) is 2. The van der Waals surface area contributed by atoms with Gasteiger partial charge in [-0.15, -0.1) is 0 Å². The molecule has 0 atom stereocenters. The van der Waals surface area contributed by atoms with Crippen LogP contribution in [-0.4, -0.2) is 10.2 Å². The molecule has 112 valence electrons. The van der Waals surface area contributed by atoms with Crippen molar-refractivity contribution in [3.05, 3.63) is 59.2 Å². The van der Waals surface area contributed by atoms with Gasteiger partial charge in [0.25, 0.3) is 0 Å². The van der Waals surface area contributed by atoms with Crippen LogP contribution in [0.3, 0.4) is 0 Å². The first kappa shape index (κ1) is 15.7. The van der Waals surface area contributed by atoms with Gasteiger partial charge in [0.15, 0.2) is 0 Å². The second-order valence-electron chi connectivity index (χ2n) is 6.11. The third-order valence-electron chi connectivity index (χ3n) is 4.43. The molecule has 0 bridgehead atoms. The van der Waals surface area contributed by atoms with Gasteiger partial charge in [-0.1, -0.05) is 57.2 Å². The molecule has 0 fully saturated rings. The topological polar surface area (TPSA) is 40.5 Å². The third-order valence-corrected chi connectivity index (χ3v) is 4.43. The van der Waals surface area contributed by atoms with Gasteiger partial charge in [0.2, 0.25) is 0 Å². The summed E-state index contributed by atoms with van der Waals surface area (Å²) in [6.45, 7) is 6.61. The van der Waals surface area contributed by atoms with Crippen molar-refractivity contribution in [2.75, 3.05) is 0 Å². The molecule has 0 radical (unpaired) electrons. The maximum absolute atomic E-state index is 9.39. The predicted molar refractivity (Wildman–Crippen MR) is 87.0 cm³/mol. The van der Waals surface area contributed by atoms with Crippen LogP contribution in [0.15, 0.2) is 42.5 Å². The Kier molecular flexibility index (Phi) is 4.81. The van der Waals surface area contributed by atoms with Gasteiger partial charge in [-0.25, -0.2) is 0 Å². The van der Waals surface area contributed by atoms with Crippen molar-refractivity contribution < 1.29 is 10.2 Å². The van der Waals surface area contributed by atoms with Gasteiger partial charge < -0.3 is 10.2 Å². The maximum Gasteiger partial charge on any atom is 0.0685 e. The standard InChI is InChI=1S/C19H24O2/c1-4-19(2,3)18-9-7-14(8-10-18)15-5-6-16(12-20)17(11-15)13-21/h5-11,20-21H,4,12-13H2,1-3H3. The smallest absolute Gasteiger partial charge is 0.0685 e. The molecule has 2 aromatic rings. The fourth-order valence-electron chi connectivity index (χ4n) is 2.42. The number of aliphatic hydroxyl groups excluding tert-OH is 2. The summed E-state index contributed by atoms with van der Waals surface area (Å²) in [5.41, 5.74) is 5.29. The summed E-state index contributed by atoms with van der Waals surface area (Å²) >= 11 is 0. The van der Waals surface area contributed by atoms with E-state index in [-0.39, 0.29) is 18.6 Å². The number of hydrogen-bond donors (Lipinski definition) is 2. The molecule has 0 heterocycles. The lowest BCUT2D eigenvalue weighted by atomic mass is 9.82. The first-order valence-corrected chi connectivity index (χ1v) is 7.46. The second kappa shape index (κ2) is 6.42. The Morgan fingerprint density at radius 3 is 1.90 bits per heavy atom. The molecule has 2 rings (SSSR count). The van der Waals surface area contributed by atoms with Crippen LogP contribution in [0.5, 0.6) is 0 Å². The normalized spacial score (nSPS) is 11.7. The van der Waals surface area contributed by atoms with E-state index < -0.39 is 0 Å². The molecule has 2 aromatic carbocycles. The van der Waals surface area contributed by atoms with E-state index in [4.69, 9.17) is 0 Å². The van der Waals surface area contributed by atoms with Crippen molar-refractivity contribution in [1.29, 1.82) is 0 Å². The first-order chi connectivity index (χ1) is 10.0. The number of rotatable bonds is 5. The van der Waals surface area contributed by atoms with E-state index in [1.165, 1.54) is 5.56 Å². The lowest BCUT2D eigenvalue weighted by molar-refractivity contribution is 0.260. The van der Waals surface area contributed by atoms with Gasteiger partial charge in [0.05, 0.1) is 13.2 Å². The third kappa shape index (κ3) is 3.34. The van der Waals surface area contributed by atoms with Crippen LogP contribution >= 0.6 is 0 Å². The van der Waals surface area contributed by atoms with Crippen LogP contribution in [0.2, 0.25) is 0 Å². The van der Waals surface area contributed by atoms with E-state index in [0.29, 0.717) is 0 Å². The summed E-state index contributed by atoms with van der Waals surface area (Å²) in [7, 11) is 0. The zero-order chi connectivity index (χ0) is 15.5. The Morgan fingerprint density at radius 1 is 0.810 bits per heavy atom. The quantitative estimate of drug-likeness (QED) is 0.870. The summed E-state index contributed by atoms with van der Waals surface area (Å²) in [6.07, 6.45) is 1.10. The number of aliphatic hydroxyl groups is 2. The minimum atomic E-state index is -0.0509. The van der Waals surface area contributed by atoms with Crippen LogP contribution in [0.4, 0.5) is 0 Å². The molecule has 2 N–H and O–H groups in total. The van der Waals surface area contributed by atoms with Gasteiger partial charge in [0, 0.05) is 0 Å². The summed E-state index contributed by atoms with van der Waals surface area (Å²) < 4.78 is 0. The van der Waals surface area contributed by atoms with E-state index in [9.17, 15) is 10.2 Å². The van der Waals surface area contributed by atoms with E-state index in [1.54, 1.807) is 0 Å². The van der Waals surface area contributed by atoms with Crippen molar-refractivity contribution in [2.45, 2.75) is 45.8 Å². The minimum Gasteiger partial charge on any atom is -0.392 e. The lowest BCUT2D eigenvalue weighted by Crippen LogP contribution is -2.14. The van der Waals surface area contributed by atoms with Crippen molar-refractivity contribution >= 4 is 0 Å². The van der Waals surface area contributed by atoms with Crippen molar-refractivity contribution in [3.8, 4) is 11.1 Å². The predicted octanol–water partition coefficient (Wildman–Crippen LogP) is 4.03. The van der Waals surface area contributed by atoms with Gasteiger partial charge >= 0.3 is 0 Å². The highest BCUT2D eigenvalue weighted by Gasteiger charge is 2.17. The highest BCUT2D eigenvalue weighted by molar-refractivity contribution is 5.65. The number of benzene rings is 2. The van der Waals surface area contributed by atoms with E-state index in [2.05, 4.69) is 45.0 Å². The molecule has 0 saturated heterocycles. The molecule has 0 saturated carbocycles. The van der Waals surface area contributed by atoms with Crippen LogP contribution in [0, 0.1) is 0 Å². The van der Waals surface area contributed by atoms with E-state index in [1.807, 2.05) is 18.2 Å². The molecule has 0 unspecified atom stereocenters. The van der Waals surface area contributed by atoms with Gasteiger partial charge in [0.1, 0.15) is 0 Å². The molecule has 0 aliphatic carbocycles. The molecule has 0 aliphatic heterocycles. The Balaban J connectivity index is 2.35. The Bertz CT molecular complexity index is 597. The molecule has 21 heavy (non-hydrogen) atoms. The lowest BCUT2D eigenvalue weighted by Gasteiger charge is -2.23. The summed E-state index contributed by atoms with van der Waals surface area (Å²) in [5.74, 6) is 0. The second-order valence-corrected chi connectivity index (χ2v) is 6.11. The van der Waals surface area contributed by atoms with Crippen LogP contribution in [0.1, 0.15) is 43.9 Å².